The summed E-state index contributed by atoms with van der Waals surface area (Å²) in [5, 5.41) is 0. The van der Waals surface area contributed by atoms with Gasteiger partial charge in [-0.3, -0.25) is 9.34 Å². The SMILES string of the molecule is CN(C)CCN(C)P1N(C)C(=O)N(C)C(=O)N1C. The van der Waals surface area contributed by atoms with E-state index in [0.717, 1.165) is 18.0 Å². The monoisotopic (exact) mass is 275 g/mol. The van der Waals surface area contributed by atoms with E-state index < -0.39 is 8.37 Å². The van der Waals surface area contributed by atoms with Crippen molar-refractivity contribution in [1.82, 2.24) is 23.8 Å². The maximum absolute atomic E-state index is 11.9. The molecule has 0 aromatic rings. The predicted octanol–water partition coefficient (Wildman–Crippen LogP) is 0.756. The first kappa shape index (κ1) is 15.1. The molecule has 0 unspecified atom stereocenters. The average Bonchev–Trinajstić information content (AvgIpc) is 2.31. The molecule has 0 spiro atoms. The Balaban J connectivity index is 2.79. The largest absolute Gasteiger partial charge is 0.333 e. The second kappa shape index (κ2) is 5.82. The van der Waals surface area contributed by atoms with Gasteiger partial charge >= 0.3 is 12.1 Å². The van der Waals surface area contributed by atoms with Crippen LogP contribution in [0.2, 0.25) is 0 Å². The Morgan fingerprint density at radius 1 is 0.944 bits per heavy atom. The number of hydrogen-bond donors (Lipinski definition) is 0. The number of amides is 4. The van der Waals surface area contributed by atoms with Gasteiger partial charge in [0.25, 0.3) is 0 Å². The van der Waals surface area contributed by atoms with Crippen molar-refractivity contribution in [3.05, 3.63) is 0 Å². The van der Waals surface area contributed by atoms with Crippen LogP contribution < -0.4 is 0 Å². The zero-order chi connectivity index (χ0) is 14.0. The van der Waals surface area contributed by atoms with Crippen LogP contribution in [-0.2, 0) is 0 Å². The van der Waals surface area contributed by atoms with Crippen LogP contribution >= 0.6 is 8.37 Å². The molecule has 1 rings (SSSR count). The fraction of sp³-hybridized carbons (Fsp3) is 0.800. The van der Waals surface area contributed by atoms with Gasteiger partial charge in [-0.2, -0.15) is 0 Å². The summed E-state index contributed by atoms with van der Waals surface area (Å²) >= 11 is 0. The first-order valence-electron chi connectivity index (χ1n) is 5.72. The molecule has 1 fully saturated rings. The van der Waals surface area contributed by atoms with Gasteiger partial charge in [0, 0.05) is 34.2 Å². The van der Waals surface area contributed by atoms with E-state index in [1.807, 2.05) is 21.1 Å². The number of rotatable bonds is 4. The van der Waals surface area contributed by atoms with E-state index in [1.165, 1.54) is 7.05 Å². The highest BCUT2D eigenvalue weighted by atomic mass is 31.2. The van der Waals surface area contributed by atoms with E-state index >= 15 is 0 Å². The Bertz CT molecular complexity index is 316. The molecule has 1 saturated heterocycles. The Hall–Kier alpha value is -0.910. The summed E-state index contributed by atoms with van der Waals surface area (Å²) in [4.78, 5) is 27.0. The zero-order valence-electron chi connectivity index (χ0n) is 11.9. The molecular weight excluding hydrogens is 253 g/mol. The molecule has 0 aromatic heterocycles. The van der Waals surface area contributed by atoms with Crippen molar-refractivity contribution < 1.29 is 9.59 Å². The van der Waals surface area contributed by atoms with Crippen molar-refractivity contribution in [1.29, 1.82) is 0 Å². The number of hydrogen-bond acceptors (Lipinski definition) is 4. The standard InChI is InChI=1S/C10H22N5O2P/c1-11(2)7-8-12(3)18-14(5)9(16)13(4)10(17)15(18)6/h7-8H2,1-6H3. The average molecular weight is 275 g/mol. The number of carbonyl (C=O) groups excluding carboxylic acids is 2. The molecule has 0 aliphatic carbocycles. The summed E-state index contributed by atoms with van der Waals surface area (Å²) in [7, 11) is 9.85. The highest BCUT2D eigenvalue weighted by molar-refractivity contribution is 7.51. The van der Waals surface area contributed by atoms with E-state index in [2.05, 4.69) is 9.57 Å². The quantitative estimate of drug-likeness (QED) is 0.711. The summed E-state index contributed by atoms with van der Waals surface area (Å²) in [6.07, 6.45) is 0. The van der Waals surface area contributed by atoms with Crippen LogP contribution in [0.25, 0.3) is 0 Å². The lowest BCUT2D eigenvalue weighted by atomic mass is 10.6. The van der Waals surface area contributed by atoms with Crippen molar-refractivity contribution in [2.75, 3.05) is 55.4 Å². The third-order valence-corrected chi connectivity index (χ3v) is 5.07. The van der Waals surface area contributed by atoms with Crippen molar-refractivity contribution >= 4 is 20.4 Å². The fourth-order valence-corrected chi connectivity index (χ4v) is 3.92. The van der Waals surface area contributed by atoms with E-state index in [-0.39, 0.29) is 12.1 Å². The molecule has 0 N–H and O–H groups in total. The lowest BCUT2D eigenvalue weighted by Gasteiger charge is -2.45. The minimum atomic E-state index is -1.06. The van der Waals surface area contributed by atoms with Gasteiger partial charge in [-0.15, -0.1) is 0 Å². The van der Waals surface area contributed by atoms with E-state index in [4.69, 9.17) is 0 Å². The summed E-state index contributed by atoms with van der Waals surface area (Å²) in [5.74, 6) is 0. The molecule has 18 heavy (non-hydrogen) atoms. The van der Waals surface area contributed by atoms with Crippen molar-refractivity contribution in [3.8, 4) is 0 Å². The highest BCUT2D eigenvalue weighted by Gasteiger charge is 2.41. The van der Waals surface area contributed by atoms with Crippen molar-refractivity contribution in [2.45, 2.75) is 0 Å². The smallest absolute Gasteiger partial charge is 0.308 e. The van der Waals surface area contributed by atoms with Gasteiger partial charge in [-0.05, 0) is 21.1 Å². The second-order valence-corrected chi connectivity index (χ2v) is 7.04. The topological polar surface area (TPSA) is 50.3 Å². The van der Waals surface area contributed by atoms with Crippen molar-refractivity contribution in [2.24, 2.45) is 0 Å². The maximum atomic E-state index is 11.9. The molecule has 0 aromatic carbocycles. The first-order valence-corrected chi connectivity index (χ1v) is 6.92. The summed E-state index contributed by atoms with van der Waals surface area (Å²) < 4.78 is 5.32. The predicted molar refractivity (Wildman–Crippen MR) is 72.2 cm³/mol. The van der Waals surface area contributed by atoms with Crippen LogP contribution in [0.4, 0.5) is 9.59 Å². The minimum absolute atomic E-state index is 0.249. The first-order chi connectivity index (χ1) is 8.27. The highest BCUT2D eigenvalue weighted by Crippen LogP contribution is 2.48. The Labute approximate surface area is 110 Å². The molecule has 0 bridgehead atoms. The van der Waals surface area contributed by atoms with Crippen LogP contribution in [0.5, 0.6) is 0 Å². The number of nitrogens with zero attached hydrogens (tertiary/aromatic N) is 5. The zero-order valence-corrected chi connectivity index (χ0v) is 12.8. The van der Waals surface area contributed by atoms with Crippen LogP contribution in [0.3, 0.4) is 0 Å². The molecule has 104 valence electrons. The number of urea groups is 2. The van der Waals surface area contributed by atoms with Crippen LogP contribution in [0.1, 0.15) is 0 Å². The molecule has 8 heteroatoms. The van der Waals surface area contributed by atoms with E-state index in [1.54, 1.807) is 23.4 Å². The third kappa shape index (κ3) is 2.91. The van der Waals surface area contributed by atoms with Crippen LogP contribution in [-0.4, -0.2) is 91.2 Å². The number of imide groups is 1. The molecule has 0 radical (unpaired) electrons. The summed E-state index contributed by atoms with van der Waals surface area (Å²) in [5.41, 5.74) is 0. The normalized spacial score (nSPS) is 18.6. The van der Waals surface area contributed by atoms with Gasteiger partial charge in [-0.25, -0.2) is 19.2 Å². The molecule has 4 amide bonds. The summed E-state index contributed by atoms with van der Waals surface area (Å²) in [6, 6.07) is -0.498. The number of carbonyl (C=O) groups is 2. The maximum Gasteiger partial charge on any atom is 0.333 e. The van der Waals surface area contributed by atoms with Gasteiger partial charge in [0.1, 0.15) is 0 Å². The lowest BCUT2D eigenvalue weighted by molar-refractivity contribution is 0.164. The molecule has 0 atom stereocenters. The Morgan fingerprint density at radius 3 is 1.78 bits per heavy atom. The molecule has 7 nitrogen and oxygen atoms in total. The third-order valence-electron chi connectivity index (χ3n) is 2.84. The van der Waals surface area contributed by atoms with Gasteiger partial charge in [0.05, 0.1) is 0 Å². The van der Waals surface area contributed by atoms with E-state index in [9.17, 15) is 9.59 Å². The van der Waals surface area contributed by atoms with Crippen LogP contribution in [0.15, 0.2) is 0 Å². The van der Waals surface area contributed by atoms with Gasteiger partial charge in [0.15, 0.2) is 8.37 Å². The molecule has 0 saturated carbocycles. The van der Waals surface area contributed by atoms with Gasteiger partial charge in [0.2, 0.25) is 0 Å². The van der Waals surface area contributed by atoms with Crippen LogP contribution in [0, 0.1) is 0 Å². The molecular formula is C10H22N5O2P. The lowest BCUT2D eigenvalue weighted by Crippen LogP contribution is -2.54. The van der Waals surface area contributed by atoms with Gasteiger partial charge in [-0.1, -0.05) is 0 Å². The molecule has 1 heterocycles. The molecule has 1 aliphatic heterocycles. The van der Waals surface area contributed by atoms with E-state index in [0.29, 0.717) is 0 Å². The Morgan fingerprint density at radius 2 is 1.39 bits per heavy atom. The minimum Gasteiger partial charge on any atom is -0.308 e. The molecule has 1 aliphatic rings. The number of likely N-dealkylation sites (N-methyl/N-ethyl adjacent to an activating group) is 2. The Kier molecular flexibility index (Phi) is 4.90. The fourth-order valence-electron chi connectivity index (χ4n) is 1.76. The second-order valence-electron chi connectivity index (χ2n) is 4.62. The summed E-state index contributed by atoms with van der Waals surface area (Å²) in [6.45, 7) is 1.69. The van der Waals surface area contributed by atoms with Gasteiger partial charge < -0.3 is 4.90 Å². The van der Waals surface area contributed by atoms with Crippen molar-refractivity contribution in [3.63, 3.8) is 0 Å².